The summed E-state index contributed by atoms with van der Waals surface area (Å²) in [5.41, 5.74) is 1.62. The van der Waals surface area contributed by atoms with Crippen molar-refractivity contribution < 1.29 is 17.9 Å². The lowest BCUT2D eigenvalue weighted by Gasteiger charge is -2.35. The molecule has 1 saturated heterocycles. The highest BCUT2D eigenvalue weighted by Gasteiger charge is 2.25. The molecular formula is C22H29N3O4S. The van der Waals surface area contributed by atoms with Crippen LogP contribution in [0.1, 0.15) is 37.8 Å². The summed E-state index contributed by atoms with van der Waals surface area (Å²) in [5.74, 6) is 0.573. The molecule has 1 fully saturated rings. The molecule has 2 aromatic rings. The predicted molar refractivity (Wildman–Crippen MR) is 117 cm³/mol. The molecule has 8 heteroatoms. The predicted octanol–water partition coefficient (Wildman–Crippen LogP) is 3.16. The van der Waals surface area contributed by atoms with E-state index >= 15 is 0 Å². The molecule has 2 N–H and O–H groups in total. The first-order valence-electron chi connectivity index (χ1n) is 10.1. The first kappa shape index (κ1) is 22.3. The molecule has 162 valence electrons. The van der Waals surface area contributed by atoms with Gasteiger partial charge in [-0.2, -0.15) is 0 Å². The van der Waals surface area contributed by atoms with Gasteiger partial charge >= 0.3 is 0 Å². The van der Waals surface area contributed by atoms with Crippen LogP contribution in [0.25, 0.3) is 0 Å². The Hall–Kier alpha value is -2.42. The van der Waals surface area contributed by atoms with Crippen LogP contribution >= 0.6 is 0 Å². The molecule has 0 aromatic heterocycles. The number of carbonyl (C=O) groups is 1. The summed E-state index contributed by atoms with van der Waals surface area (Å²) in [4.78, 5) is 13.7. The second-order valence-electron chi connectivity index (χ2n) is 7.44. The number of rotatable bonds is 8. The first-order valence-corrected chi connectivity index (χ1v) is 11.6. The van der Waals surface area contributed by atoms with Gasteiger partial charge in [0.05, 0.1) is 12.0 Å². The molecule has 1 atom stereocenters. The van der Waals surface area contributed by atoms with Crippen LogP contribution < -0.4 is 14.8 Å². The summed E-state index contributed by atoms with van der Waals surface area (Å²) in [5, 5.41) is 2.64. The number of hydrogen-bond donors (Lipinski definition) is 2. The minimum Gasteiger partial charge on any atom is -0.497 e. The molecule has 1 amide bonds. The van der Waals surface area contributed by atoms with Crippen LogP contribution in [0.5, 0.6) is 5.75 Å². The second-order valence-corrected chi connectivity index (χ2v) is 9.21. The quantitative estimate of drug-likeness (QED) is 0.670. The fraction of sp³-hybridized carbons (Fsp3) is 0.409. The average molecular weight is 432 g/mol. The Balaban J connectivity index is 1.75. The Labute approximate surface area is 178 Å². The molecular weight excluding hydrogens is 402 g/mol. The van der Waals surface area contributed by atoms with E-state index in [9.17, 15) is 13.2 Å². The first-order chi connectivity index (χ1) is 14.4. The Morgan fingerprint density at radius 2 is 1.67 bits per heavy atom. The number of carbonyl (C=O) groups excluding carboxylic acids is 1. The molecule has 1 unspecified atom stereocenters. The third-order valence-corrected chi connectivity index (χ3v) is 6.72. The van der Waals surface area contributed by atoms with Crippen molar-refractivity contribution in [1.82, 2.24) is 9.62 Å². The van der Waals surface area contributed by atoms with Gasteiger partial charge in [0, 0.05) is 25.2 Å². The van der Waals surface area contributed by atoms with E-state index in [0.29, 0.717) is 5.69 Å². The van der Waals surface area contributed by atoms with Gasteiger partial charge in [-0.1, -0.05) is 18.6 Å². The van der Waals surface area contributed by atoms with Gasteiger partial charge < -0.3 is 10.1 Å². The number of hydrogen-bond acceptors (Lipinski definition) is 5. The second kappa shape index (κ2) is 10.1. The van der Waals surface area contributed by atoms with Crippen molar-refractivity contribution in [2.75, 3.05) is 32.1 Å². The fourth-order valence-corrected chi connectivity index (χ4v) is 4.74. The summed E-state index contributed by atoms with van der Waals surface area (Å²) in [6, 6.07) is 13.9. The van der Waals surface area contributed by atoms with E-state index < -0.39 is 10.0 Å². The lowest BCUT2D eigenvalue weighted by atomic mass is 10.0. The van der Waals surface area contributed by atoms with E-state index in [1.165, 1.54) is 25.5 Å². The summed E-state index contributed by atoms with van der Waals surface area (Å²) in [6.45, 7) is 3.59. The maximum absolute atomic E-state index is 12.8. The van der Waals surface area contributed by atoms with Crippen LogP contribution in [-0.2, 0) is 14.8 Å². The maximum Gasteiger partial charge on any atom is 0.240 e. The highest BCUT2D eigenvalue weighted by atomic mass is 32.2. The minimum absolute atomic E-state index is 0.0513. The highest BCUT2D eigenvalue weighted by molar-refractivity contribution is 7.89. The Bertz CT molecular complexity index is 937. The van der Waals surface area contributed by atoms with Crippen molar-refractivity contribution in [1.29, 1.82) is 0 Å². The monoisotopic (exact) mass is 431 g/mol. The van der Waals surface area contributed by atoms with Gasteiger partial charge in [0.2, 0.25) is 15.9 Å². The summed E-state index contributed by atoms with van der Waals surface area (Å²) >= 11 is 0. The van der Waals surface area contributed by atoms with E-state index in [0.717, 1.165) is 37.2 Å². The van der Waals surface area contributed by atoms with E-state index in [1.807, 2.05) is 24.3 Å². The molecule has 0 saturated carbocycles. The summed E-state index contributed by atoms with van der Waals surface area (Å²) < 4.78 is 33.7. The lowest BCUT2D eigenvalue weighted by Crippen LogP contribution is -2.40. The molecule has 30 heavy (non-hydrogen) atoms. The molecule has 3 rings (SSSR count). The van der Waals surface area contributed by atoms with Gasteiger partial charge in [-0.25, -0.2) is 13.1 Å². The van der Waals surface area contributed by atoms with Crippen LogP contribution in [0.4, 0.5) is 5.69 Å². The number of anilines is 1. The van der Waals surface area contributed by atoms with Crippen LogP contribution in [0.2, 0.25) is 0 Å². The number of nitrogens with one attached hydrogen (secondary N) is 2. The van der Waals surface area contributed by atoms with Gasteiger partial charge in [0.15, 0.2) is 0 Å². The fourth-order valence-electron chi connectivity index (χ4n) is 3.71. The number of nitrogens with zero attached hydrogens (tertiary/aromatic N) is 1. The molecule has 0 spiro atoms. The number of methoxy groups -OCH3 is 1. The molecule has 0 aliphatic carbocycles. The van der Waals surface area contributed by atoms with Gasteiger partial charge in [-0.3, -0.25) is 9.69 Å². The van der Waals surface area contributed by atoms with Gasteiger partial charge in [0.1, 0.15) is 5.75 Å². The zero-order valence-corrected chi connectivity index (χ0v) is 18.2. The number of amides is 1. The number of sulfonamides is 1. The van der Waals surface area contributed by atoms with Gasteiger partial charge in [-0.15, -0.1) is 0 Å². The summed E-state index contributed by atoms with van der Waals surface area (Å²) in [7, 11) is -2.05. The van der Waals surface area contributed by atoms with Crippen LogP contribution in [0, 0.1) is 0 Å². The Morgan fingerprint density at radius 1 is 1.03 bits per heavy atom. The highest BCUT2D eigenvalue weighted by Crippen LogP contribution is 2.26. The van der Waals surface area contributed by atoms with E-state index in [4.69, 9.17) is 4.74 Å². The molecule has 1 aliphatic rings. The van der Waals surface area contributed by atoms with Crippen molar-refractivity contribution in [2.24, 2.45) is 0 Å². The topological polar surface area (TPSA) is 87.7 Å². The molecule has 0 bridgehead atoms. The number of ether oxygens (including phenoxy) is 1. The largest absolute Gasteiger partial charge is 0.497 e. The van der Waals surface area contributed by atoms with E-state index in [2.05, 4.69) is 14.9 Å². The molecule has 7 nitrogen and oxygen atoms in total. The van der Waals surface area contributed by atoms with Crippen molar-refractivity contribution >= 4 is 21.6 Å². The van der Waals surface area contributed by atoms with Crippen LogP contribution in [0.15, 0.2) is 53.4 Å². The van der Waals surface area contributed by atoms with E-state index in [1.54, 1.807) is 19.2 Å². The van der Waals surface area contributed by atoms with Crippen molar-refractivity contribution in [3.63, 3.8) is 0 Å². The third-order valence-electron chi connectivity index (χ3n) is 5.28. The van der Waals surface area contributed by atoms with Crippen molar-refractivity contribution in [3.05, 3.63) is 54.1 Å². The van der Waals surface area contributed by atoms with E-state index in [-0.39, 0.29) is 23.4 Å². The number of benzene rings is 2. The summed E-state index contributed by atoms with van der Waals surface area (Å²) in [6.07, 6.45) is 3.44. The van der Waals surface area contributed by atoms with Crippen LogP contribution in [-0.4, -0.2) is 46.0 Å². The zero-order chi connectivity index (χ0) is 21.6. The molecule has 0 radical (unpaired) electrons. The van der Waals surface area contributed by atoms with Gasteiger partial charge in [-0.05, 0) is 67.9 Å². The Kier molecular flexibility index (Phi) is 7.47. The molecule has 1 heterocycles. The normalized spacial score (nSPS) is 16.1. The average Bonchev–Trinajstić information content (AvgIpc) is 2.75. The molecule has 1 aliphatic heterocycles. The van der Waals surface area contributed by atoms with Crippen molar-refractivity contribution in [3.8, 4) is 5.75 Å². The lowest BCUT2D eigenvalue weighted by molar-refractivity contribution is -0.114. The van der Waals surface area contributed by atoms with Gasteiger partial charge in [0.25, 0.3) is 0 Å². The molecule has 2 aromatic carbocycles. The van der Waals surface area contributed by atoms with Crippen molar-refractivity contribution in [2.45, 2.75) is 37.1 Å². The third kappa shape index (κ3) is 5.81. The number of piperidine rings is 1. The number of likely N-dealkylation sites (tertiary alicyclic amines) is 1. The Morgan fingerprint density at radius 3 is 2.23 bits per heavy atom. The SMILES string of the molecule is COc1ccc(C(CNS(=O)(=O)c2ccc(NC(C)=O)cc2)N2CCCCC2)cc1. The van der Waals surface area contributed by atoms with Crippen LogP contribution in [0.3, 0.4) is 0 Å². The smallest absolute Gasteiger partial charge is 0.240 e. The maximum atomic E-state index is 12.8. The standard InChI is InChI=1S/C22H29N3O4S/c1-17(26)24-19-8-12-21(13-9-19)30(27,28)23-16-22(25-14-4-3-5-15-25)18-6-10-20(29-2)11-7-18/h6-13,22-23H,3-5,14-16H2,1-2H3,(H,24,26). The zero-order valence-electron chi connectivity index (χ0n) is 17.4. The minimum atomic E-state index is -3.67.